The molecule has 0 bridgehead atoms. The summed E-state index contributed by atoms with van der Waals surface area (Å²) >= 11 is 3.42. The van der Waals surface area contributed by atoms with Gasteiger partial charge in [0.15, 0.2) is 6.10 Å². The van der Waals surface area contributed by atoms with E-state index in [0.717, 1.165) is 27.9 Å². The van der Waals surface area contributed by atoms with Gasteiger partial charge in [0.1, 0.15) is 0 Å². The van der Waals surface area contributed by atoms with Gasteiger partial charge in [-0.05, 0) is 24.6 Å². The molecule has 1 aromatic carbocycles. The maximum absolute atomic E-state index is 5.45. The lowest BCUT2D eigenvalue weighted by atomic mass is 10.1. The third kappa shape index (κ3) is 2.84. The summed E-state index contributed by atoms with van der Waals surface area (Å²) in [5, 5.41) is 12.1. The van der Waals surface area contributed by atoms with Gasteiger partial charge in [-0.3, -0.25) is 0 Å². The van der Waals surface area contributed by atoms with E-state index >= 15 is 0 Å². The lowest BCUT2D eigenvalue weighted by molar-refractivity contribution is 0.0693. The average molecular weight is 321 g/mol. The smallest absolute Gasteiger partial charge is 0.152 e. The Balaban J connectivity index is 1.64. The van der Waals surface area contributed by atoms with Crippen LogP contribution in [0.15, 0.2) is 40.1 Å². The molecule has 3 rings (SSSR count). The molecule has 1 aromatic heterocycles. The SMILES string of the molecule is Cc1cn(CC2CC(c3ccc(Br)cc3)=NO2)nn1. The first-order valence-electron chi connectivity index (χ1n) is 6.06. The lowest BCUT2D eigenvalue weighted by Gasteiger charge is -2.06. The first-order chi connectivity index (χ1) is 9.20. The van der Waals surface area contributed by atoms with Crippen molar-refractivity contribution in [2.24, 2.45) is 5.16 Å². The summed E-state index contributed by atoms with van der Waals surface area (Å²) in [5.41, 5.74) is 2.99. The van der Waals surface area contributed by atoms with Crippen LogP contribution in [-0.4, -0.2) is 26.8 Å². The summed E-state index contributed by atoms with van der Waals surface area (Å²) in [7, 11) is 0. The van der Waals surface area contributed by atoms with Gasteiger partial charge in [-0.1, -0.05) is 38.4 Å². The minimum Gasteiger partial charge on any atom is -0.390 e. The monoisotopic (exact) mass is 320 g/mol. The van der Waals surface area contributed by atoms with Crippen LogP contribution in [0.1, 0.15) is 17.7 Å². The van der Waals surface area contributed by atoms with Gasteiger partial charge in [-0.15, -0.1) is 5.10 Å². The maximum Gasteiger partial charge on any atom is 0.152 e. The molecule has 0 amide bonds. The Morgan fingerprint density at radius 2 is 2.16 bits per heavy atom. The molecule has 0 aliphatic carbocycles. The number of hydrogen-bond donors (Lipinski definition) is 0. The lowest BCUT2D eigenvalue weighted by Crippen LogP contribution is -2.17. The molecule has 2 heterocycles. The maximum atomic E-state index is 5.45. The van der Waals surface area contributed by atoms with Gasteiger partial charge in [0.05, 0.1) is 18.0 Å². The van der Waals surface area contributed by atoms with Gasteiger partial charge in [0.2, 0.25) is 0 Å². The number of nitrogens with zero attached hydrogens (tertiary/aromatic N) is 4. The molecule has 6 heteroatoms. The van der Waals surface area contributed by atoms with E-state index in [1.807, 2.05) is 37.4 Å². The molecule has 5 nitrogen and oxygen atoms in total. The van der Waals surface area contributed by atoms with Gasteiger partial charge in [-0.25, -0.2) is 4.68 Å². The predicted molar refractivity (Wildman–Crippen MR) is 74.9 cm³/mol. The van der Waals surface area contributed by atoms with Crippen molar-refractivity contribution in [2.75, 3.05) is 0 Å². The van der Waals surface area contributed by atoms with E-state index in [-0.39, 0.29) is 6.10 Å². The van der Waals surface area contributed by atoms with Crippen LogP contribution < -0.4 is 0 Å². The van der Waals surface area contributed by atoms with Crippen LogP contribution in [0.4, 0.5) is 0 Å². The minimum absolute atomic E-state index is 0.0275. The zero-order valence-electron chi connectivity index (χ0n) is 10.5. The number of halogens is 1. The first kappa shape index (κ1) is 12.3. The molecule has 1 unspecified atom stereocenters. The van der Waals surface area contributed by atoms with Crippen LogP contribution in [0.5, 0.6) is 0 Å². The standard InChI is InChI=1S/C13H13BrN4O/c1-9-7-18(17-15-9)8-12-6-13(16-19-12)10-2-4-11(14)5-3-10/h2-5,7,12H,6,8H2,1H3. The van der Waals surface area contributed by atoms with E-state index < -0.39 is 0 Å². The Morgan fingerprint density at radius 3 is 2.84 bits per heavy atom. The molecule has 19 heavy (non-hydrogen) atoms. The molecule has 0 radical (unpaired) electrons. The zero-order chi connectivity index (χ0) is 13.2. The summed E-state index contributed by atoms with van der Waals surface area (Å²) in [4.78, 5) is 5.45. The normalized spacial score (nSPS) is 18.2. The molecule has 0 spiro atoms. The van der Waals surface area contributed by atoms with E-state index in [0.29, 0.717) is 6.54 Å². The second-order valence-electron chi connectivity index (χ2n) is 4.56. The van der Waals surface area contributed by atoms with Gasteiger partial charge in [0, 0.05) is 17.1 Å². The third-order valence-corrected chi connectivity index (χ3v) is 3.48. The summed E-state index contributed by atoms with van der Waals surface area (Å²) in [6.07, 6.45) is 2.72. The number of hydrogen-bond acceptors (Lipinski definition) is 4. The molecule has 0 N–H and O–H groups in total. The first-order valence-corrected chi connectivity index (χ1v) is 6.85. The van der Waals surface area contributed by atoms with Crippen molar-refractivity contribution in [1.29, 1.82) is 0 Å². The highest BCUT2D eigenvalue weighted by Gasteiger charge is 2.22. The van der Waals surface area contributed by atoms with E-state index in [1.54, 1.807) is 4.68 Å². The number of oxime groups is 1. The van der Waals surface area contributed by atoms with E-state index in [4.69, 9.17) is 4.84 Å². The van der Waals surface area contributed by atoms with Crippen molar-refractivity contribution in [3.8, 4) is 0 Å². The fourth-order valence-corrected chi connectivity index (χ4v) is 2.30. The van der Waals surface area contributed by atoms with Crippen molar-refractivity contribution in [3.63, 3.8) is 0 Å². The summed E-state index contributed by atoms with van der Waals surface area (Å²) < 4.78 is 2.85. The van der Waals surface area contributed by atoms with Gasteiger partial charge < -0.3 is 4.84 Å². The topological polar surface area (TPSA) is 52.3 Å². The summed E-state index contributed by atoms with van der Waals surface area (Å²) in [6, 6.07) is 8.08. The predicted octanol–water partition coefficient (Wildman–Crippen LogP) is 2.54. The van der Waals surface area contributed by atoms with Crippen molar-refractivity contribution in [1.82, 2.24) is 15.0 Å². The fourth-order valence-electron chi connectivity index (χ4n) is 2.03. The molecule has 0 saturated heterocycles. The number of rotatable bonds is 3. The number of benzene rings is 1. The Labute approximate surface area is 119 Å². The number of aromatic nitrogens is 3. The van der Waals surface area contributed by atoms with E-state index in [9.17, 15) is 0 Å². The van der Waals surface area contributed by atoms with Crippen molar-refractivity contribution < 1.29 is 4.84 Å². The van der Waals surface area contributed by atoms with Crippen LogP contribution in [-0.2, 0) is 11.4 Å². The van der Waals surface area contributed by atoms with Crippen LogP contribution >= 0.6 is 15.9 Å². The van der Waals surface area contributed by atoms with Gasteiger partial charge in [0.25, 0.3) is 0 Å². The minimum atomic E-state index is 0.0275. The Hall–Kier alpha value is -1.69. The summed E-state index contributed by atoms with van der Waals surface area (Å²) in [5.74, 6) is 0. The second-order valence-corrected chi connectivity index (χ2v) is 5.47. The summed E-state index contributed by atoms with van der Waals surface area (Å²) in [6.45, 7) is 2.59. The fraction of sp³-hybridized carbons (Fsp3) is 0.308. The molecule has 1 aliphatic heterocycles. The zero-order valence-corrected chi connectivity index (χ0v) is 12.0. The largest absolute Gasteiger partial charge is 0.390 e. The van der Waals surface area contributed by atoms with Crippen molar-refractivity contribution in [2.45, 2.75) is 26.0 Å². The molecular weight excluding hydrogens is 308 g/mol. The molecule has 2 aromatic rings. The van der Waals surface area contributed by atoms with E-state index in [2.05, 4.69) is 31.4 Å². The molecule has 1 aliphatic rings. The quantitative estimate of drug-likeness (QED) is 0.873. The van der Waals surface area contributed by atoms with Gasteiger partial charge >= 0.3 is 0 Å². The van der Waals surface area contributed by atoms with Crippen LogP contribution in [0.2, 0.25) is 0 Å². The highest BCUT2D eigenvalue weighted by molar-refractivity contribution is 9.10. The number of aryl methyl sites for hydroxylation is 1. The average Bonchev–Trinajstić information content (AvgIpc) is 3.00. The highest BCUT2D eigenvalue weighted by atomic mass is 79.9. The molecule has 1 atom stereocenters. The van der Waals surface area contributed by atoms with Crippen molar-refractivity contribution >= 4 is 21.6 Å². The van der Waals surface area contributed by atoms with Crippen molar-refractivity contribution in [3.05, 3.63) is 46.2 Å². The van der Waals surface area contributed by atoms with Crippen LogP contribution in [0.3, 0.4) is 0 Å². The Morgan fingerprint density at radius 1 is 1.37 bits per heavy atom. The van der Waals surface area contributed by atoms with Crippen LogP contribution in [0.25, 0.3) is 0 Å². The Kier molecular flexibility index (Phi) is 3.33. The molecular formula is C13H13BrN4O. The third-order valence-electron chi connectivity index (χ3n) is 2.95. The van der Waals surface area contributed by atoms with E-state index in [1.165, 1.54) is 0 Å². The van der Waals surface area contributed by atoms with Crippen LogP contribution in [0, 0.1) is 6.92 Å². The molecule has 0 fully saturated rings. The second kappa shape index (κ2) is 5.13. The molecule has 98 valence electrons. The Bertz CT molecular complexity index is 605. The highest BCUT2D eigenvalue weighted by Crippen LogP contribution is 2.19. The van der Waals surface area contributed by atoms with Gasteiger partial charge in [-0.2, -0.15) is 0 Å². The molecule has 0 saturated carbocycles.